The van der Waals surface area contributed by atoms with Crippen LogP contribution in [0.1, 0.15) is 97.1 Å². The van der Waals surface area contributed by atoms with Gasteiger partial charge in [0.15, 0.2) is 5.78 Å². The van der Waals surface area contributed by atoms with E-state index in [9.17, 15) is 14.4 Å². The second-order valence-corrected chi connectivity index (χ2v) is 9.73. The zero-order valence-corrected chi connectivity index (χ0v) is 19.8. The lowest BCUT2D eigenvalue weighted by molar-refractivity contribution is -0.123. The molecule has 3 N–H and O–H groups in total. The molecule has 0 spiro atoms. The highest BCUT2D eigenvalue weighted by Crippen LogP contribution is 2.36. The van der Waals surface area contributed by atoms with Crippen LogP contribution in [0.15, 0.2) is 30.3 Å². The summed E-state index contributed by atoms with van der Waals surface area (Å²) >= 11 is 0. The van der Waals surface area contributed by atoms with Gasteiger partial charge in [-0.2, -0.15) is 0 Å². The zero-order valence-electron chi connectivity index (χ0n) is 19.8. The molecule has 0 aliphatic heterocycles. The summed E-state index contributed by atoms with van der Waals surface area (Å²) in [4.78, 5) is 42.0. The highest BCUT2D eigenvalue weighted by atomic mass is 16.2. The van der Waals surface area contributed by atoms with E-state index in [1.165, 1.54) is 0 Å². The Morgan fingerprint density at radius 2 is 1.81 bits per heavy atom. The van der Waals surface area contributed by atoms with E-state index in [1.807, 2.05) is 37.3 Å². The van der Waals surface area contributed by atoms with E-state index in [0.29, 0.717) is 29.7 Å². The van der Waals surface area contributed by atoms with Crippen molar-refractivity contribution in [2.75, 3.05) is 0 Å². The van der Waals surface area contributed by atoms with E-state index in [0.717, 1.165) is 30.5 Å². The fourth-order valence-corrected chi connectivity index (χ4v) is 4.51. The standard InChI is InChI=1S/C26H35N3O3/c1-6-7-13-19(24(31)27-17(3)18-11-9-8-10-12-18)29-25(32)23-16(2)22-20(28-23)14-26(4,5)15-21(22)30/h8-12,17,19,28H,6-7,13-15H2,1-5H3,(H,27,31)(H,29,32)/t17-,19+/m1/s1. The molecular weight excluding hydrogens is 402 g/mol. The van der Waals surface area contributed by atoms with Crippen molar-refractivity contribution in [3.05, 3.63) is 58.4 Å². The van der Waals surface area contributed by atoms with Crippen LogP contribution in [0, 0.1) is 12.3 Å². The van der Waals surface area contributed by atoms with Crippen LogP contribution in [0.2, 0.25) is 0 Å². The maximum atomic E-state index is 13.2. The fraction of sp³-hybridized carbons (Fsp3) is 0.500. The van der Waals surface area contributed by atoms with Gasteiger partial charge >= 0.3 is 0 Å². The molecule has 0 radical (unpaired) electrons. The number of benzene rings is 1. The van der Waals surface area contributed by atoms with Gasteiger partial charge in [-0.1, -0.05) is 63.9 Å². The number of fused-ring (bicyclic) bond motifs is 1. The molecule has 0 unspecified atom stereocenters. The second-order valence-electron chi connectivity index (χ2n) is 9.73. The first-order valence-corrected chi connectivity index (χ1v) is 11.5. The third-order valence-corrected chi connectivity index (χ3v) is 6.25. The van der Waals surface area contributed by atoms with Crippen LogP contribution in [-0.2, 0) is 11.2 Å². The van der Waals surface area contributed by atoms with Crippen LogP contribution in [0.3, 0.4) is 0 Å². The Kier molecular flexibility index (Phi) is 7.22. The molecule has 3 rings (SSSR count). The molecule has 2 aromatic rings. The summed E-state index contributed by atoms with van der Waals surface area (Å²) in [6, 6.07) is 8.95. The Bertz CT molecular complexity index is 991. The van der Waals surface area contributed by atoms with Crippen molar-refractivity contribution in [1.82, 2.24) is 15.6 Å². The number of aromatic nitrogens is 1. The number of Topliss-reactive ketones (excluding diaryl/α,β-unsaturated/α-hetero) is 1. The maximum Gasteiger partial charge on any atom is 0.268 e. The van der Waals surface area contributed by atoms with Crippen LogP contribution in [0.25, 0.3) is 0 Å². The third-order valence-electron chi connectivity index (χ3n) is 6.25. The first kappa shape index (κ1) is 23.8. The number of aromatic amines is 1. The zero-order chi connectivity index (χ0) is 23.5. The van der Waals surface area contributed by atoms with E-state index in [1.54, 1.807) is 6.92 Å². The molecule has 32 heavy (non-hydrogen) atoms. The van der Waals surface area contributed by atoms with Gasteiger partial charge in [-0.05, 0) is 43.2 Å². The number of ketones is 1. The molecule has 0 bridgehead atoms. The highest BCUT2D eigenvalue weighted by molar-refractivity contribution is 6.05. The monoisotopic (exact) mass is 437 g/mol. The SMILES string of the molecule is CCCC[C@H](NC(=O)c1[nH]c2c(c1C)C(=O)CC(C)(C)C2)C(=O)N[C@H](C)c1ccccc1. The second kappa shape index (κ2) is 9.72. The number of amides is 2. The first-order chi connectivity index (χ1) is 15.1. The van der Waals surface area contributed by atoms with Gasteiger partial charge in [-0.3, -0.25) is 14.4 Å². The minimum absolute atomic E-state index is 0.0704. The van der Waals surface area contributed by atoms with Gasteiger partial charge in [-0.15, -0.1) is 0 Å². The number of hydrogen-bond acceptors (Lipinski definition) is 3. The molecule has 6 nitrogen and oxygen atoms in total. The van der Waals surface area contributed by atoms with Crippen molar-refractivity contribution in [3.63, 3.8) is 0 Å². The normalized spacial score (nSPS) is 16.7. The summed E-state index contributed by atoms with van der Waals surface area (Å²) in [5.41, 5.74) is 3.39. The summed E-state index contributed by atoms with van der Waals surface area (Å²) in [5.74, 6) is -0.471. The molecule has 0 saturated heterocycles. The smallest absolute Gasteiger partial charge is 0.268 e. The maximum absolute atomic E-state index is 13.2. The van der Waals surface area contributed by atoms with Gasteiger partial charge in [0.2, 0.25) is 5.91 Å². The molecule has 1 aliphatic carbocycles. The highest BCUT2D eigenvalue weighted by Gasteiger charge is 2.35. The Hall–Kier alpha value is -2.89. The fourth-order valence-electron chi connectivity index (χ4n) is 4.51. The molecule has 6 heteroatoms. The Morgan fingerprint density at radius 1 is 1.12 bits per heavy atom. The van der Waals surface area contributed by atoms with Crippen molar-refractivity contribution >= 4 is 17.6 Å². The molecule has 1 aliphatic rings. The van der Waals surface area contributed by atoms with Gasteiger partial charge in [-0.25, -0.2) is 0 Å². The van der Waals surface area contributed by atoms with Crippen molar-refractivity contribution in [2.24, 2.45) is 5.41 Å². The van der Waals surface area contributed by atoms with E-state index >= 15 is 0 Å². The van der Waals surface area contributed by atoms with Crippen LogP contribution in [0.4, 0.5) is 0 Å². The first-order valence-electron chi connectivity index (χ1n) is 11.5. The lowest BCUT2D eigenvalue weighted by atomic mass is 9.75. The van der Waals surface area contributed by atoms with Crippen molar-refractivity contribution < 1.29 is 14.4 Å². The molecule has 1 aromatic heterocycles. The van der Waals surface area contributed by atoms with Gasteiger partial charge in [0.05, 0.1) is 6.04 Å². The number of carbonyl (C=O) groups excluding carboxylic acids is 3. The molecule has 1 aromatic carbocycles. The van der Waals surface area contributed by atoms with Crippen LogP contribution >= 0.6 is 0 Å². The van der Waals surface area contributed by atoms with Gasteiger partial charge in [0.1, 0.15) is 11.7 Å². The summed E-state index contributed by atoms with van der Waals surface area (Å²) in [5, 5.41) is 5.94. The number of nitrogens with one attached hydrogen (secondary N) is 3. The van der Waals surface area contributed by atoms with Crippen LogP contribution in [-0.4, -0.2) is 28.6 Å². The Labute approximate surface area is 190 Å². The summed E-state index contributed by atoms with van der Waals surface area (Å²) < 4.78 is 0. The Morgan fingerprint density at radius 3 is 2.47 bits per heavy atom. The predicted octanol–water partition coefficient (Wildman–Crippen LogP) is 4.64. The topological polar surface area (TPSA) is 91.1 Å². The molecule has 0 fully saturated rings. The third kappa shape index (κ3) is 5.29. The molecule has 172 valence electrons. The predicted molar refractivity (Wildman–Crippen MR) is 126 cm³/mol. The van der Waals surface area contributed by atoms with Gasteiger partial charge in [0.25, 0.3) is 5.91 Å². The number of H-pyrrole nitrogens is 1. The number of unbranched alkanes of at least 4 members (excludes halogenated alkanes) is 1. The van der Waals surface area contributed by atoms with Crippen LogP contribution in [0.5, 0.6) is 0 Å². The molecule has 1 heterocycles. The molecule has 0 saturated carbocycles. The average molecular weight is 438 g/mol. The molecule has 2 amide bonds. The minimum atomic E-state index is -0.638. The molecular formula is C26H35N3O3. The lowest BCUT2D eigenvalue weighted by Gasteiger charge is -2.28. The largest absolute Gasteiger partial charge is 0.354 e. The van der Waals surface area contributed by atoms with Gasteiger partial charge < -0.3 is 15.6 Å². The number of hydrogen-bond donors (Lipinski definition) is 3. The van der Waals surface area contributed by atoms with E-state index in [4.69, 9.17) is 0 Å². The minimum Gasteiger partial charge on any atom is -0.354 e. The number of carbonyl (C=O) groups is 3. The summed E-state index contributed by atoms with van der Waals surface area (Å²) in [6.45, 7) is 9.91. The average Bonchev–Trinajstić information content (AvgIpc) is 3.06. The van der Waals surface area contributed by atoms with E-state index < -0.39 is 6.04 Å². The Balaban J connectivity index is 1.77. The van der Waals surface area contributed by atoms with Crippen molar-refractivity contribution in [3.8, 4) is 0 Å². The van der Waals surface area contributed by atoms with Crippen molar-refractivity contribution in [1.29, 1.82) is 0 Å². The van der Waals surface area contributed by atoms with E-state index in [2.05, 4.69) is 36.4 Å². The van der Waals surface area contributed by atoms with E-state index in [-0.39, 0.29) is 29.1 Å². The summed E-state index contributed by atoms with van der Waals surface area (Å²) in [7, 11) is 0. The lowest BCUT2D eigenvalue weighted by Crippen LogP contribution is -2.47. The van der Waals surface area contributed by atoms with Gasteiger partial charge in [0, 0.05) is 17.7 Å². The summed E-state index contributed by atoms with van der Waals surface area (Å²) in [6.07, 6.45) is 3.49. The molecule has 2 atom stereocenters. The van der Waals surface area contributed by atoms with Crippen LogP contribution < -0.4 is 10.6 Å². The quantitative estimate of drug-likeness (QED) is 0.562. The number of rotatable bonds is 8. The van der Waals surface area contributed by atoms with Crippen molar-refractivity contribution in [2.45, 2.75) is 78.8 Å².